The predicted octanol–water partition coefficient (Wildman–Crippen LogP) is 6.16. The van der Waals surface area contributed by atoms with Gasteiger partial charge in [0.05, 0.1) is 22.6 Å². The summed E-state index contributed by atoms with van der Waals surface area (Å²) in [6, 6.07) is 15.5. The van der Waals surface area contributed by atoms with E-state index in [-0.39, 0.29) is 23.1 Å². The molecule has 5 rings (SSSR count). The molecule has 1 aliphatic rings. The van der Waals surface area contributed by atoms with E-state index in [4.69, 9.17) is 8.83 Å². The standard InChI is InChI=1S/C25H24N4O3S2/c1-25(2,3)17-10-8-16(9-11-17)23-26-27-24(32-23)34-15-22(30)29-19(20-6-4-12-31-20)14-18(28-29)21-7-5-13-33-21/h4-13,19H,14-15H2,1-3H3. The van der Waals surface area contributed by atoms with Gasteiger partial charge in [0.2, 0.25) is 5.89 Å². The van der Waals surface area contributed by atoms with Gasteiger partial charge in [0.1, 0.15) is 11.8 Å². The number of hydrogen-bond acceptors (Lipinski definition) is 8. The van der Waals surface area contributed by atoms with Crippen LogP contribution in [0.25, 0.3) is 11.5 Å². The first-order valence-corrected chi connectivity index (χ1v) is 12.8. The molecule has 0 aliphatic carbocycles. The molecule has 4 aromatic rings. The number of amides is 1. The smallest absolute Gasteiger partial charge is 0.277 e. The van der Waals surface area contributed by atoms with Crippen molar-refractivity contribution < 1.29 is 13.6 Å². The van der Waals surface area contributed by atoms with Crippen molar-refractivity contribution in [2.75, 3.05) is 5.75 Å². The largest absolute Gasteiger partial charge is 0.467 e. The summed E-state index contributed by atoms with van der Waals surface area (Å²) < 4.78 is 11.4. The third kappa shape index (κ3) is 4.71. The molecule has 0 saturated heterocycles. The minimum Gasteiger partial charge on any atom is -0.467 e. The molecule has 174 valence electrons. The second-order valence-corrected chi connectivity index (χ2v) is 10.9. The molecule has 4 heterocycles. The number of furan rings is 1. The maximum Gasteiger partial charge on any atom is 0.277 e. The van der Waals surface area contributed by atoms with E-state index in [0.29, 0.717) is 23.3 Å². The predicted molar refractivity (Wildman–Crippen MR) is 133 cm³/mol. The Kier molecular flexibility index (Phi) is 6.14. The highest BCUT2D eigenvalue weighted by atomic mass is 32.2. The van der Waals surface area contributed by atoms with Crippen molar-refractivity contribution >= 4 is 34.7 Å². The fraction of sp³-hybridized carbons (Fsp3) is 0.280. The van der Waals surface area contributed by atoms with Crippen molar-refractivity contribution in [3.8, 4) is 11.5 Å². The minimum absolute atomic E-state index is 0.0731. The Labute approximate surface area is 205 Å². The van der Waals surface area contributed by atoms with Gasteiger partial charge in [-0.2, -0.15) is 5.10 Å². The second-order valence-electron chi connectivity index (χ2n) is 8.99. The van der Waals surface area contributed by atoms with E-state index in [1.165, 1.54) is 22.3 Å². The number of nitrogens with zero attached hydrogens (tertiary/aromatic N) is 4. The summed E-state index contributed by atoms with van der Waals surface area (Å²) in [7, 11) is 0. The van der Waals surface area contributed by atoms with Gasteiger partial charge in [-0.1, -0.05) is 50.7 Å². The van der Waals surface area contributed by atoms with E-state index >= 15 is 0 Å². The summed E-state index contributed by atoms with van der Waals surface area (Å²) in [5, 5.41) is 16.8. The van der Waals surface area contributed by atoms with Crippen LogP contribution < -0.4 is 0 Å². The fourth-order valence-electron chi connectivity index (χ4n) is 3.72. The van der Waals surface area contributed by atoms with Gasteiger partial charge < -0.3 is 8.83 Å². The van der Waals surface area contributed by atoms with E-state index in [9.17, 15) is 4.79 Å². The summed E-state index contributed by atoms with van der Waals surface area (Å²) >= 11 is 2.82. The van der Waals surface area contributed by atoms with Crippen LogP contribution in [0.4, 0.5) is 0 Å². The van der Waals surface area contributed by atoms with Crippen LogP contribution in [-0.2, 0) is 10.2 Å². The third-order valence-corrected chi connectivity index (χ3v) is 7.29. The molecule has 0 fully saturated rings. The van der Waals surface area contributed by atoms with Crippen molar-refractivity contribution in [1.82, 2.24) is 15.2 Å². The molecule has 3 aromatic heterocycles. The lowest BCUT2D eigenvalue weighted by atomic mass is 9.87. The quantitative estimate of drug-likeness (QED) is 0.300. The zero-order valence-corrected chi connectivity index (χ0v) is 20.7. The van der Waals surface area contributed by atoms with Crippen LogP contribution in [0.3, 0.4) is 0 Å². The second kappa shape index (κ2) is 9.23. The highest BCUT2D eigenvalue weighted by Crippen LogP contribution is 2.35. The van der Waals surface area contributed by atoms with Crippen LogP contribution in [0.1, 0.15) is 49.4 Å². The van der Waals surface area contributed by atoms with E-state index in [1.807, 2.05) is 41.8 Å². The van der Waals surface area contributed by atoms with Gasteiger partial charge in [-0.05, 0) is 46.7 Å². The number of aromatic nitrogens is 2. The first kappa shape index (κ1) is 22.6. The zero-order valence-electron chi connectivity index (χ0n) is 19.1. The van der Waals surface area contributed by atoms with Gasteiger partial charge in [-0.15, -0.1) is 21.5 Å². The van der Waals surface area contributed by atoms with Crippen LogP contribution in [0, 0.1) is 0 Å². The number of carbonyl (C=O) groups is 1. The monoisotopic (exact) mass is 492 g/mol. The van der Waals surface area contributed by atoms with Gasteiger partial charge in [0.25, 0.3) is 11.1 Å². The van der Waals surface area contributed by atoms with Crippen molar-refractivity contribution in [3.63, 3.8) is 0 Å². The van der Waals surface area contributed by atoms with E-state index in [0.717, 1.165) is 16.2 Å². The highest BCUT2D eigenvalue weighted by Gasteiger charge is 2.35. The summed E-state index contributed by atoms with van der Waals surface area (Å²) in [5.41, 5.74) is 3.04. The number of rotatable bonds is 6. The van der Waals surface area contributed by atoms with Crippen LogP contribution in [0.5, 0.6) is 0 Å². The number of hydrazone groups is 1. The average molecular weight is 493 g/mol. The number of carbonyl (C=O) groups excluding carboxylic acids is 1. The van der Waals surface area contributed by atoms with Crippen LogP contribution in [0.2, 0.25) is 0 Å². The molecule has 0 N–H and O–H groups in total. The molecule has 1 atom stereocenters. The summed E-state index contributed by atoms with van der Waals surface area (Å²) in [6.45, 7) is 6.51. The minimum atomic E-state index is -0.264. The molecule has 34 heavy (non-hydrogen) atoms. The van der Waals surface area contributed by atoms with Crippen molar-refractivity contribution in [2.45, 2.75) is 43.9 Å². The molecule has 0 bridgehead atoms. The summed E-state index contributed by atoms with van der Waals surface area (Å²) in [4.78, 5) is 14.2. The van der Waals surface area contributed by atoms with Gasteiger partial charge in [0, 0.05) is 12.0 Å². The number of thioether (sulfide) groups is 1. The molecule has 0 spiro atoms. The van der Waals surface area contributed by atoms with Crippen molar-refractivity contribution in [2.24, 2.45) is 5.10 Å². The molecule has 9 heteroatoms. The van der Waals surface area contributed by atoms with E-state index in [1.54, 1.807) is 17.6 Å². The lowest BCUT2D eigenvalue weighted by Gasteiger charge is -2.19. The first-order chi connectivity index (χ1) is 16.4. The molecule has 0 radical (unpaired) electrons. The molecular formula is C25H24N4O3S2. The zero-order chi connectivity index (χ0) is 23.7. The maximum absolute atomic E-state index is 13.1. The van der Waals surface area contributed by atoms with Crippen molar-refractivity contribution in [3.05, 3.63) is 76.4 Å². The summed E-state index contributed by atoms with van der Waals surface area (Å²) in [5.74, 6) is 1.13. The van der Waals surface area contributed by atoms with Crippen LogP contribution in [0.15, 0.2) is 79.3 Å². The van der Waals surface area contributed by atoms with Gasteiger partial charge in [-0.25, -0.2) is 5.01 Å². The Morgan fingerprint density at radius 3 is 2.65 bits per heavy atom. The third-order valence-electron chi connectivity index (χ3n) is 5.57. The molecular weight excluding hydrogens is 468 g/mol. The topological polar surface area (TPSA) is 84.7 Å². The maximum atomic E-state index is 13.1. The van der Waals surface area contributed by atoms with Crippen LogP contribution in [-0.4, -0.2) is 32.6 Å². The Bertz CT molecular complexity index is 1290. The Morgan fingerprint density at radius 1 is 1.15 bits per heavy atom. The van der Waals surface area contributed by atoms with E-state index < -0.39 is 0 Å². The van der Waals surface area contributed by atoms with Crippen LogP contribution >= 0.6 is 23.1 Å². The fourth-order valence-corrected chi connectivity index (χ4v) is 5.06. The number of thiophene rings is 1. The molecule has 7 nitrogen and oxygen atoms in total. The SMILES string of the molecule is CC(C)(C)c1ccc(-c2nnc(SCC(=O)N3N=C(c4cccs4)CC3c3ccco3)o2)cc1. The molecule has 1 aliphatic heterocycles. The Hall–Kier alpha value is -3.17. The Morgan fingerprint density at radius 2 is 1.97 bits per heavy atom. The van der Waals surface area contributed by atoms with Gasteiger partial charge >= 0.3 is 0 Å². The lowest BCUT2D eigenvalue weighted by molar-refractivity contribution is -0.130. The first-order valence-electron chi connectivity index (χ1n) is 10.9. The molecule has 1 amide bonds. The van der Waals surface area contributed by atoms with E-state index in [2.05, 4.69) is 48.2 Å². The van der Waals surface area contributed by atoms with Gasteiger partial charge in [-0.3, -0.25) is 4.79 Å². The lowest BCUT2D eigenvalue weighted by Crippen LogP contribution is -2.28. The molecule has 0 saturated carbocycles. The highest BCUT2D eigenvalue weighted by molar-refractivity contribution is 7.99. The van der Waals surface area contributed by atoms with Gasteiger partial charge in [0.15, 0.2) is 0 Å². The van der Waals surface area contributed by atoms with Crippen molar-refractivity contribution in [1.29, 1.82) is 0 Å². The Balaban J connectivity index is 1.27. The molecule has 1 aromatic carbocycles. The average Bonchev–Trinajstić information content (AvgIpc) is 3.63. The normalized spacial score (nSPS) is 16.1. The molecule has 1 unspecified atom stereocenters. The number of hydrogen-bond donors (Lipinski definition) is 0. The number of benzene rings is 1. The summed E-state index contributed by atoms with van der Waals surface area (Å²) in [6.07, 6.45) is 2.23.